The van der Waals surface area contributed by atoms with Crippen LogP contribution < -0.4 is 21.9 Å². The molecule has 17 nitrogen and oxygen atoms in total. The minimum absolute atomic E-state index is 0.0173. The Hall–Kier alpha value is -4.71. The predicted octanol–water partition coefficient (Wildman–Crippen LogP) is 4.18. The number of aryl methyl sites for hydroxylation is 1. The number of unbranched alkanes of at least 4 members (excludes halogenated alkanes) is 4. The number of aromatic nitrogens is 2. The third-order valence-electron chi connectivity index (χ3n) is 10.9. The maximum Gasteiger partial charge on any atom is 0.338 e. The zero-order valence-corrected chi connectivity index (χ0v) is 36.3. The van der Waals surface area contributed by atoms with Gasteiger partial charge in [0, 0.05) is 57.2 Å². The monoisotopic (exact) mass is 856 g/mol. The second kappa shape index (κ2) is 24.7. The third-order valence-corrected chi connectivity index (χ3v) is 10.9. The number of H-pyrrole nitrogens is 1. The quantitative estimate of drug-likeness (QED) is 0.0998. The summed E-state index contributed by atoms with van der Waals surface area (Å²) < 4.78 is 37.7. The minimum Gasteiger partial charge on any atom is -0.456 e. The van der Waals surface area contributed by atoms with E-state index in [0.29, 0.717) is 57.2 Å². The molecule has 0 aliphatic carbocycles. The summed E-state index contributed by atoms with van der Waals surface area (Å²) in [5, 5.41) is 5.84. The van der Waals surface area contributed by atoms with Crippen molar-refractivity contribution < 1.29 is 52.4 Å². The standard InChI is InChI=1S/C44H64N4O13/c1-7-32-29(5)37(61-42(54)31-18-12-11-13-19-31)36(46-30(6)50)43(59-32)57-25-17-14-20-34(51)45-23-15-9-10-16-24-56-38-33(8-2)58-41(39(38)60-35(52)22-21-28(4)49)48-26-27(3)40(53)47-44(48)55/h11-13,18-19,26,29,32-33,36-39,41,43H,7-10,14-17,20-25H2,1-6H3,(H,45,51)(H,46,50)(H,47,53,55)/t29-,32+,33+,36+,37-,38?,39-,41+,43+/m0/s1. The van der Waals surface area contributed by atoms with Gasteiger partial charge in [0.2, 0.25) is 11.8 Å². The minimum atomic E-state index is -1.03. The van der Waals surface area contributed by atoms with Crippen LogP contribution in [0.15, 0.2) is 46.1 Å². The molecule has 1 aromatic carbocycles. The number of nitrogens with zero attached hydrogens (tertiary/aromatic N) is 1. The summed E-state index contributed by atoms with van der Waals surface area (Å²) in [6.45, 7) is 11.3. The molecular formula is C44H64N4O13. The lowest BCUT2D eigenvalue weighted by atomic mass is 9.87. The molecule has 3 heterocycles. The first-order chi connectivity index (χ1) is 29.2. The predicted molar refractivity (Wildman–Crippen MR) is 222 cm³/mol. The summed E-state index contributed by atoms with van der Waals surface area (Å²) in [4.78, 5) is 89.1. The number of Topliss-reactive ketones (excluding diaryl/α,β-unsaturated/α-hetero) is 1. The van der Waals surface area contributed by atoms with E-state index in [1.165, 1.54) is 24.6 Å². The zero-order chi connectivity index (χ0) is 44.5. The fraction of sp³-hybridized carbons (Fsp3) is 0.659. The number of ether oxygens (including phenoxy) is 6. The Morgan fingerprint density at radius 1 is 0.787 bits per heavy atom. The smallest absolute Gasteiger partial charge is 0.338 e. The topological polar surface area (TPSA) is 220 Å². The van der Waals surface area contributed by atoms with E-state index >= 15 is 0 Å². The van der Waals surface area contributed by atoms with E-state index in [0.717, 1.165) is 19.3 Å². The Bertz CT molecular complexity index is 1870. The lowest BCUT2D eigenvalue weighted by Gasteiger charge is -2.45. The molecule has 61 heavy (non-hydrogen) atoms. The molecule has 0 spiro atoms. The second-order valence-corrected chi connectivity index (χ2v) is 15.8. The summed E-state index contributed by atoms with van der Waals surface area (Å²) in [5.41, 5.74) is -0.535. The van der Waals surface area contributed by atoms with Gasteiger partial charge in [-0.15, -0.1) is 0 Å². The van der Waals surface area contributed by atoms with E-state index in [2.05, 4.69) is 15.6 Å². The van der Waals surface area contributed by atoms with Gasteiger partial charge in [-0.2, -0.15) is 0 Å². The largest absolute Gasteiger partial charge is 0.456 e. The summed E-state index contributed by atoms with van der Waals surface area (Å²) in [6.07, 6.45) is 2.02. The molecule has 338 valence electrons. The molecule has 4 rings (SSSR count). The Morgan fingerprint density at radius 3 is 2.16 bits per heavy atom. The van der Waals surface area contributed by atoms with E-state index in [1.807, 2.05) is 26.8 Å². The van der Waals surface area contributed by atoms with Crippen LogP contribution in [0.3, 0.4) is 0 Å². The van der Waals surface area contributed by atoms with Crippen molar-refractivity contribution in [2.75, 3.05) is 19.8 Å². The molecule has 3 N–H and O–H groups in total. The van der Waals surface area contributed by atoms with Crippen molar-refractivity contribution in [2.45, 2.75) is 161 Å². The average molecular weight is 857 g/mol. The number of hydrogen-bond acceptors (Lipinski definition) is 13. The number of aromatic amines is 1. The maximum atomic E-state index is 13.0. The van der Waals surface area contributed by atoms with Gasteiger partial charge in [-0.1, -0.05) is 51.8 Å². The first kappa shape index (κ1) is 49.0. The van der Waals surface area contributed by atoms with Crippen LogP contribution in [0.4, 0.5) is 0 Å². The number of nitrogens with one attached hydrogen (secondary N) is 3. The number of carbonyl (C=O) groups is 5. The van der Waals surface area contributed by atoms with Crippen molar-refractivity contribution in [3.05, 3.63) is 68.5 Å². The van der Waals surface area contributed by atoms with E-state index in [4.69, 9.17) is 28.4 Å². The number of benzene rings is 1. The van der Waals surface area contributed by atoms with Crippen LogP contribution in [-0.4, -0.2) is 102 Å². The van der Waals surface area contributed by atoms with E-state index < -0.39 is 66.2 Å². The van der Waals surface area contributed by atoms with E-state index in [9.17, 15) is 33.6 Å². The molecule has 2 saturated heterocycles. The molecule has 2 aliphatic rings. The average Bonchev–Trinajstić information content (AvgIpc) is 3.57. The van der Waals surface area contributed by atoms with Crippen LogP contribution in [0, 0.1) is 12.8 Å². The third kappa shape index (κ3) is 14.7. The fourth-order valence-corrected chi connectivity index (χ4v) is 7.57. The van der Waals surface area contributed by atoms with Gasteiger partial charge in [0.1, 0.15) is 24.0 Å². The van der Waals surface area contributed by atoms with Crippen LogP contribution in [0.25, 0.3) is 0 Å². The second-order valence-electron chi connectivity index (χ2n) is 15.8. The SMILES string of the molecule is CC[C@H]1O[C@@H](n2cc(C)c(=O)[nH]c2=O)[C@@H](OC(=O)CCC(C)=O)C1OCCCCCCNC(=O)CCCCO[C@@H]1O[C@H](CC)[C@H](C)[C@H](OC(=O)c2ccccc2)[C@H]1NC(C)=O. The first-order valence-electron chi connectivity index (χ1n) is 21.6. The van der Waals surface area contributed by atoms with Gasteiger partial charge in [0.25, 0.3) is 5.56 Å². The molecule has 9 atom stereocenters. The summed E-state index contributed by atoms with van der Waals surface area (Å²) in [7, 11) is 0. The Labute approximate surface area is 356 Å². The molecule has 2 fully saturated rings. The molecule has 2 aromatic rings. The normalized spacial score (nSPS) is 24.8. The molecule has 0 saturated carbocycles. The number of ketones is 1. The number of esters is 2. The van der Waals surface area contributed by atoms with Crippen LogP contribution >= 0.6 is 0 Å². The van der Waals surface area contributed by atoms with Crippen molar-refractivity contribution in [1.82, 2.24) is 20.2 Å². The van der Waals surface area contributed by atoms with Crippen LogP contribution in [0.2, 0.25) is 0 Å². The van der Waals surface area contributed by atoms with Gasteiger partial charge in [-0.05, 0) is 64.5 Å². The Kier molecular flexibility index (Phi) is 19.8. The van der Waals surface area contributed by atoms with Crippen LogP contribution in [0.1, 0.15) is 127 Å². The molecule has 1 unspecified atom stereocenters. The van der Waals surface area contributed by atoms with Crippen molar-refractivity contribution >= 4 is 29.5 Å². The Morgan fingerprint density at radius 2 is 1.48 bits per heavy atom. The molecule has 0 radical (unpaired) electrons. The van der Waals surface area contributed by atoms with Gasteiger partial charge in [-0.3, -0.25) is 28.7 Å². The number of carbonyl (C=O) groups excluding carboxylic acids is 5. The van der Waals surface area contributed by atoms with Crippen molar-refractivity contribution in [3.8, 4) is 0 Å². The van der Waals surface area contributed by atoms with Crippen LogP contribution in [-0.2, 0) is 47.6 Å². The van der Waals surface area contributed by atoms with Crippen LogP contribution in [0.5, 0.6) is 0 Å². The molecule has 0 bridgehead atoms. The number of amides is 2. The van der Waals surface area contributed by atoms with Gasteiger partial charge in [0.05, 0.1) is 24.2 Å². The maximum absolute atomic E-state index is 13.0. The molecule has 17 heteroatoms. The highest BCUT2D eigenvalue weighted by Crippen LogP contribution is 2.35. The highest BCUT2D eigenvalue weighted by molar-refractivity contribution is 5.89. The first-order valence-corrected chi connectivity index (χ1v) is 21.6. The molecule has 2 amide bonds. The summed E-state index contributed by atoms with van der Waals surface area (Å²) >= 11 is 0. The molecular weight excluding hydrogens is 792 g/mol. The van der Waals surface area contributed by atoms with E-state index in [-0.39, 0.29) is 54.6 Å². The fourth-order valence-electron chi connectivity index (χ4n) is 7.57. The van der Waals surface area contributed by atoms with Gasteiger partial charge in [-0.25, -0.2) is 9.59 Å². The lowest BCUT2D eigenvalue weighted by Crippen LogP contribution is -2.62. The lowest BCUT2D eigenvalue weighted by molar-refractivity contribution is -0.249. The number of rotatable bonds is 24. The van der Waals surface area contributed by atoms with Gasteiger partial charge >= 0.3 is 17.6 Å². The van der Waals surface area contributed by atoms with Gasteiger partial charge in [0.15, 0.2) is 18.6 Å². The van der Waals surface area contributed by atoms with Gasteiger partial charge < -0.3 is 43.8 Å². The highest BCUT2D eigenvalue weighted by atomic mass is 16.7. The zero-order valence-electron chi connectivity index (χ0n) is 36.3. The summed E-state index contributed by atoms with van der Waals surface area (Å²) in [5.74, 6) is -1.83. The molecule has 2 aliphatic heterocycles. The summed E-state index contributed by atoms with van der Waals surface area (Å²) in [6, 6.07) is 7.97. The highest BCUT2D eigenvalue weighted by Gasteiger charge is 2.49. The van der Waals surface area contributed by atoms with Crippen molar-refractivity contribution in [2.24, 2.45) is 5.92 Å². The van der Waals surface area contributed by atoms with Crippen molar-refractivity contribution in [3.63, 3.8) is 0 Å². The number of hydrogen-bond donors (Lipinski definition) is 3. The molecule has 1 aromatic heterocycles. The van der Waals surface area contributed by atoms with Crippen molar-refractivity contribution in [1.29, 1.82) is 0 Å². The van der Waals surface area contributed by atoms with E-state index in [1.54, 1.807) is 31.2 Å². The Balaban J connectivity index is 1.17.